The predicted octanol–water partition coefficient (Wildman–Crippen LogP) is 1.05. The zero-order valence-electron chi connectivity index (χ0n) is 6.25. The van der Waals surface area contributed by atoms with Gasteiger partial charge in [0.25, 0.3) is 0 Å². The van der Waals surface area contributed by atoms with Gasteiger partial charge in [-0.1, -0.05) is 11.6 Å². The molecule has 0 saturated heterocycles. The fourth-order valence-electron chi connectivity index (χ4n) is 0.937. The SMILES string of the molecule is OCc1[nH]c2c(I)nnc-2nc1Cl. The van der Waals surface area contributed by atoms with Crippen molar-refractivity contribution in [3.63, 3.8) is 0 Å². The smallest absolute Gasteiger partial charge is 0.202 e. The molecule has 0 amide bonds. The van der Waals surface area contributed by atoms with Crippen LogP contribution in [0.15, 0.2) is 0 Å². The van der Waals surface area contributed by atoms with Crippen LogP contribution in [0.5, 0.6) is 0 Å². The van der Waals surface area contributed by atoms with Gasteiger partial charge in [-0.25, -0.2) is 4.98 Å². The molecule has 0 bridgehead atoms. The summed E-state index contributed by atoms with van der Waals surface area (Å²) in [5.41, 5.74) is 1.18. The zero-order chi connectivity index (χ0) is 9.42. The zero-order valence-corrected chi connectivity index (χ0v) is 9.17. The lowest BCUT2D eigenvalue weighted by atomic mass is 10.4. The minimum Gasteiger partial charge on any atom is -0.390 e. The van der Waals surface area contributed by atoms with Gasteiger partial charge in [0.1, 0.15) is 5.69 Å². The lowest BCUT2D eigenvalue weighted by Gasteiger charge is -2.03. The van der Waals surface area contributed by atoms with Gasteiger partial charge < -0.3 is 10.1 Å². The van der Waals surface area contributed by atoms with E-state index in [0.717, 1.165) is 0 Å². The van der Waals surface area contributed by atoms with Crippen molar-refractivity contribution in [1.82, 2.24) is 20.2 Å². The van der Waals surface area contributed by atoms with Crippen LogP contribution in [0.1, 0.15) is 5.69 Å². The lowest BCUT2D eigenvalue weighted by molar-refractivity contribution is 0.276. The first-order valence-corrected chi connectivity index (χ1v) is 4.85. The van der Waals surface area contributed by atoms with E-state index < -0.39 is 0 Å². The number of H-pyrrole nitrogens is 1. The molecule has 2 aliphatic heterocycles. The number of hydrogen-bond donors (Lipinski definition) is 2. The van der Waals surface area contributed by atoms with Crippen molar-refractivity contribution >= 4 is 34.2 Å². The number of rotatable bonds is 1. The number of nitrogens with one attached hydrogen (secondary N) is 1. The monoisotopic (exact) mass is 310 g/mol. The lowest BCUT2D eigenvalue weighted by Crippen LogP contribution is -1.98. The molecule has 68 valence electrons. The maximum absolute atomic E-state index is 8.91. The first kappa shape index (κ1) is 9.10. The van der Waals surface area contributed by atoms with Crippen LogP contribution < -0.4 is 0 Å². The molecule has 0 aromatic carbocycles. The quantitative estimate of drug-likeness (QED) is 0.772. The highest BCUT2D eigenvalue weighted by molar-refractivity contribution is 14.1. The summed E-state index contributed by atoms with van der Waals surface area (Å²) in [6.45, 7) is -0.178. The third-order valence-electron chi connectivity index (χ3n) is 1.55. The third-order valence-corrected chi connectivity index (χ3v) is 2.62. The van der Waals surface area contributed by atoms with Gasteiger partial charge in [-0.05, 0) is 22.6 Å². The molecule has 0 radical (unpaired) electrons. The number of halogens is 2. The van der Waals surface area contributed by atoms with Crippen LogP contribution in [0.4, 0.5) is 0 Å². The summed E-state index contributed by atoms with van der Waals surface area (Å²) in [6.07, 6.45) is 0. The van der Waals surface area contributed by atoms with E-state index in [1.54, 1.807) is 0 Å². The van der Waals surface area contributed by atoms with Crippen molar-refractivity contribution in [3.8, 4) is 11.5 Å². The van der Waals surface area contributed by atoms with Crippen molar-refractivity contribution in [1.29, 1.82) is 0 Å². The minimum atomic E-state index is -0.178. The maximum atomic E-state index is 8.91. The van der Waals surface area contributed by atoms with Crippen LogP contribution in [0, 0.1) is 3.70 Å². The molecule has 0 fully saturated rings. The van der Waals surface area contributed by atoms with Crippen LogP contribution in [0.2, 0.25) is 5.15 Å². The molecule has 2 rings (SSSR count). The second-order valence-corrected chi connectivity index (χ2v) is 3.73. The molecule has 0 unspecified atom stereocenters. The molecule has 0 atom stereocenters. The topological polar surface area (TPSA) is 74.7 Å². The van der Waals surface area contributed by atoms with Gasteiger partial charge in [0.15, 0.2) is 8.85 Å². The van der Waals surface area contributed by atoms with E-state index in [9.17, 15) is 0 Å². The first-order valence-electron chi connectivity index (χ1n) is 3.39. The normalized spacial score (nSPS) is 11.0. The van der Waals surface area contributed by atoms with Crippen LogP contribution in [-0.4, -0.2) is 25.3 Å². The van der Waals surface area contributed by atoms with E-state index in [1.165, 1.54) is 0 Å². The van der Waals surface area contributed by atoms with Crippen molar-refractivity contribution in [2.24, 2.45) is 0 Å². The van der Waals surface area contributed by atoms with E-state index >= 15 is 0 Å². The summed E-state index contributed by atoms with van der Waals surface area (Å²) < 4.78 is 0.714. The first-order chi connectivity index (χ1) is 6.22. The molecule has 0 spiro atoms. The van der Waals surface area contributed by atoms with Gasteiger partial charge in [-0.3, -0.25) is 0 Å². The van der Waals surface area contributed by atoms with Crippen LogP contribution in [0.3, 0.4) is 0 Å². The summed E-state index contributed by atoms with van der Waals surface area (Å²) in [6, 6.07) is 0. The minimum absolute atomic E-state index is 0.178. The number of fused-ring (bicyclic) bond motifs is 1. The fourth-order valence-corrected chi connectivity index (χ4v) is 1.61. The average Bonchev–Trinajstić information content (AvgIpc) is 2.46. The number of nitrogens with zero attached hydrogens (tertiary/aromatic N) is 3. The van der Waals surface area contributed by atoms with Gasteiger partial charge in [0.05, 0.1) is 12.3 Å². The van der Waals surface area contributed by atoms with E-state index in [1.807, 2.05) is 22.6 Å². The highest BCUT2D eigenvalue weighted by atomic mass is 127. The molecule has 2 aliphatic rings. The van der Waals surface area contributed by atoms with Crippen LogP contribution in [-0.2, 0) is 6.61 Å². The fraction of sp³-hybridized carbons (Fsp3) is 0.167. The standard InChI is InChI=1S/C6H4ClIN4O/c7-4-2(1-13)9-3-5(8)11-12-6(3)10-4/h9,13H,1H2. The third kappa shape index (κ3) is 1.49. The summed E-state index contributed by atoms with van der Waals surface area (Å²) in [5, 5.41) is 16.7. The number of aliphatic hydroxyl groups is 1. The van der Waals surface area contributed by atoms with E-state index in [-0.39, 0.29) is 11.8 Å². The molecule has 0 saturated carbocycles. The molecule has 2 N–H and O–H groups in total. The Hall–Kier alpha value is -0.470. The maximum Gasteiger partial charge on any atom is 0.202 e. The molecule has 5 nitrogen and oxygen atoms in total. The molecule has 0 aromatic rings. The largest absolute Gasteiger partial charge is 0.390 e. The van der Waals surface area contributed by atoms with Crippen molar-refractivity contribution in [3.05, 3.63) is 14.5 Å². The highest BCUT2D eigenvalue weighted by Gasteiger charge is 2.16. The second-order valence-electron chi connectivity index (χ2n) is 2.35. The average molecular weight is 310 g/mol. The number of aliphatic hydroxyl groups excluding tert-OH is 1. The Morgan fingerprint density at radius 1 is 1.46 bits per heavy atom. The van der Waals surface area contributed by atoms with Crippen molar-refractivity contribution in [2.45, 2.75) is 6.61 Å². The molecule has 7 heteroatoms. The van der Waals surface area contributed by atoms with E-state index in [4.69, 9.17) is 16.7 Å². The van der Waals surface area contributed by atoms with Gasteiger partial charge in [-0.2, -0.15) is 0 Å². The van der Waals surface area contributed by atoms with Gasteiger partial charge in [0.2, 0.25) is 5.82 Å². The van der Waals surface area contributed by atoms with Crippen molar-refractivity contribution < 1.29 is 5.11 Å². The summed E-state index contributed by atoms with van der Waals surface area (Å²) in [4.78, 5) is 6.88. The van der Waals surface area contributed by atoms with E-state index in [2.05, 4.69) is 20.2 Å². The molecule has 13 heavy (non-hydrogen) atoms. The Balaban J connectivity index is 2.70. The molecule has 0 aromatic heterocycles. The van der Waals surface area contributed by atoms with Gasteiger partial charge in [-0.15, -0.1) is 10.2 Å². The summed E-state index contributed by atoms with van der Waals surface area (Å²) in [5.74, 6) is 0.464. The van der Waals surface area contributed by atoms with Gasteiger partial charge in [0, 0.05) is 0 Å². The molecular formula is C6H4ClIN4O. The number of hydrogen-bond acceptors (Lipinski definition) is 4. The number of aromatic amines is 1. The van der Waals surface area contributed by atoms with Crippen molar-refractivity contribution in [2.75, 3.05) is 0 Å². The summed E-state index contributed by atoms with van der Waals surface area (Å²) in [7, 11) is 0. The Labute approximate surface area is 92.0 Å². The highest BCUT2D eigenvalue weighted by Crippen LogP contribution is 2.23. The Bertz CT molecular complexity index is 418. The Morgan fingerprint density at radius 2 is 2.23 bits per heavy atom. The summed E-state index contributed by atoms with van der Waals surface area (Å²) >= 11 is 7.77. The second kappa shape index (κ2) is 3.35. The molecular weight excluding hydrogens is 306 g/mol. The van der Waals surface area contributed by atoms with Crippen LogP contribution in [0.25, 0.3) is 11.5 Å². The Kier molecular flexibility index (Phi) is 2.35. The van der Waals surface area contributed by atoms with Gasteiger partial charge >= 0.3 is 0 Å². The predicted molar refractivity (Wildman–Crippen MR) is 54.4 cm³/mol. The Morgan fingerprint density at radius 3 is 2.92 bits per heavy atom. The van der Waals surface area contributed by atoms with E-state index in [0.29, 0.717) is 20.9 Å². The molecule has 2 heterocycles. The molecule has 0 aliphatic carbocycles. The number of aromatic nitrogens is 4. The van der Waals surface area contributed by atoms with Crippen LogP contribution >= 0.6 is 34.2 Å².